The zero-order chi connectivity index (χ0) is 28.8. The molecule has 2 rings (SSSR count). The molecular formula is C22H23BCl2N4O8S. The highest BCUT2D eigenvalue weighted by atomic mass is 35.5. The van der Waals surface area contributed by atoms with Gasteiger partial charge in [0.25, 0.3) is 5.91 Å². The minimum Gasteiger partial charge on any atom is -0.541 e. The number of aliphatic carboxylic acids is 1. The van der Waals surface area contributed by atoms with E-state index in [-0.39, 0.29) is 25.7 Å². The molecule has 3 N–H and O–H groups in total. The van der Waals surface area contributed by atoms with Gasteiger partial charge in [-0.05, 0) is 51.8 Å². The number of oxime groups is 1. The maximum Gasteiger partial charge on any atom is 0.413 e. The lowest BCUT2D eigenvalue weighted by Gasteiger charge is -2.18. The third-order valence-electron chi connectivity index (χ3n) is 4.62. The van der Waals surface area contributed by atoms with Gasteiger partial charge in [-0.2, -0.15) is 0 Å². The summed E-state index contributed by atoms with van der Waals surface area (Å²) in [5.74, 6) is -3.42. The molecule has 0 fully saturated rings. The zero-order valence-electron chi connectivity index (χ0n) is 20.9. The number of aryl methyl sites for hydroxylation is 1. The van der Waals surface area contributed by atoms with Gasteiger partial charge >= 0.3 is 26.1 Å². The quantitative estimate of drug-likeness (QED) is 0.226. The summed E-state index contributed by atoms with van der Waals surface area (Å²) in [7, 11) is 4.93. The highest BCUT2D eigenvalue weighted by Crippen LogP contribution is 2.29. The van der Waals surface area contributed by atoms with E-state index in [1.807, 2.05) is 6.92 Å². The SMILES string of the molecule is [B]OC(=O)C(CNC(=O)c1ccc(C)c(C)c1Cl)O/N=C(\C(=O)O)c1nc(NC(=O)OC(C)(C)C)sc1Cl. The van der Waals surface area contributed by atoms with E-state index in [1.54, 1.807) is 33.8 Å². The van der Waals surface area contributed by atoms with Crippen molar-refractivity contribution in [3.05, 3.63) is 43.9 Å². The number of carboxylic acids is 1. The van der Waals surface area contributed by atoms with E-state index in [0.29, 0.717) is 5.56 Å². The van der Waals surface area contributed by atoms with Gasteiger partial charge in [0.05, 0.1) is 17.1 Å². The van der Waals surface area contributed by atoms with Gasteiger partial charge in [0.15, 0.2) is 5.13 Å². The topological polar surface area (TPSA) is 166 Å². The molecule has 2 amide bonds. The van der Waals surface area contributed by atoms with Crippen LogP contribution in [0, 0.1) is 13.8 Å². The van der Waals surface area contributed by atoms with Gasteiger partial charge in [-0.1, -0.05) is 45.8 Å². The lowest BCUT2D eigenvalue weighted by atomic mass is 10.1. The van der Waals surface area contributed by atoms with Crippen LogP contribution in [0.2, 0.25) is 9.36 Å². The minimum absolute atomic E-state index is 0.0800. The number of ether oxygens (including phenoxy) is 1. The molecule has 0 aliphatic carbocycles. The molecule has 2 aromatic rings. The molecule has 0 aliphatic heterocycles. The molecule has 202 valence electrons. The van der Waals surface area contributed by atoms with Crippen LogP contribution in [-0.2, 0) is 23.8 Å². The fourth-order valence-electron chi connectivity index (χ4n) is 2.67. The first-order valence-corrected chi connectivity index (χ1v) is 12.3. The molecule has 38 heavy (non-hydrogen) atoms. The van der Waals surface area contributed by atoms with Gasteiger partial charge in [-0.25, -0.2) is 19.4 Å². The molecule has 1 atom stereocenters. The molecule has 2 radical (unpaired) electrons. The van der Waals surface area contributed by atoms with E-state index in [1.165, 1.54) is 6.07 Å². The Labute approximate surface area is 233 Å². The van der Waals surface area contributed by atoms with Crippen molar-refractivity contribution in [3.8, 4) is 0 Å². The average molecular weight is 585 g/mol. The van der Waals surface area contributed by atoms with Crippen molar-refractivity contribution in [2.75, 3.05) is 11.9 Å². The highest BCUT2D eigenvalue weighted by molar-refractivity contribution is 7.20. The lowest BCUT2D eigenvalue weighted by Crippen LogP contribution is -2.39. The van der Waals surface area contributed by atoms with Crippen LogP contribution < -0.4 is 10.6 Å². The number of hydrogen-bond donors (Lipinski definition) is 3. The average Bonchev–Trinajstić information content (AvgIpc) is 3.16. The second-order valence-electron chi connectivity index (χ2n) is 8.62. The molecule has 1 heterocycles. The number of hydrogen-bond acceptors (Lipinski definition) is 10. The van der Waals surface area contributed by atoms with Gasteiger partial charge in [0.1, 0.15) is 15.6 Å². The van der Waals surface area contributed by atoms with Gasteiger partial charge in [0.2, 0.25) is 11.8 Å². The molecule has 1 unspecified atom stereocenters. The molecule has 1 aromatic carbocycles. The van der Waals surface area contributed by atoms with Crippen molar-refractivity contribution in [1.29, 1.82) is 0 Å². The molecule has 0 spiro atoms. The van der Waals surface area contributed by atoms with Crippen LogP contribution in [0.25, 0.3) is 0 Å². The molecule has 0 bridgehead atoms. The first-order chi connectivity index (χ1) is 17.6. The van der Waals surface area contributed by atoms with Crippen LogP contribution >= 0.6 is 34.5 Å². The third kappa shape index (κ3) is 8.33. The molecule has 0 saturated heterocycles. The van der Waals surface area contributed by atoms with Crippen molar-refractivity contribution < 1.29 is 38.5 Å². The smallest absolute Gasteiger partial charge is 0.413 e. The van der Waals surface area contributed by atoms with E-state index in [9.17, 15) is 24.3 Å². The highest BCUT2D eigenvalue weighted by Gasteiger charge is 2.27. The van der Waals surface area contributed by atoms with Crippen LogP contribution in [0.5, 0.6) is 0 Å². The molecule has 16 heteroatoms. The first-order valence-electron chi connectivity index (χ1n) is 10.7. The Kier molecular flexibility index (Phi) is 10.5. The van der Waals surface area contributed by atoms with Gasteiger partial charge in [-0.15, -0.1) is 0 Å². The first kappa shape index (κ1) is 30.9. The number of halogens is 2. The number of aromatic nitrogens is 1. The summed E-state index contributed by atoms with van der Waals surface area (Å²) < 4.78 is 9.11. The van der Waals surface area contributed by atoms with E-state index < -0.39 is 47.9 Å². The van der Waals surface area contributed by atoms with Crippen molar-refractivity contribution in [3.63, 3.8) is 0 Å². The standard InChI is InChI=1S/C22H23BCl2N4O8S/c1-9-6-7-11(13(24)10(9)2)17(30)26-8-12(19(33)36-23)37-29-15(18(31)32)14-16(25)38-20(27-14)28-21(34)35-22(3,4)5/h6-7,12H,8H2,1-5H3,(H,26,30)(H,31,32)(H,27,28,34)/b29-15-. The number of carbonyl (C=O) groups is 4. The molecule has 0 aliphatic rings. The predicted octanol–water partition coefficient (Wildman–Crippen LogP) is 3.64. The normalized spacial score (nSPS) is 12.3. The van der Waals surface area contributed by atoms with Crippen LogP contribution in [0.1, 0.15) is 48.0 Å². The Bertz CT molecular complexity index is 1280. The number of anilines is 1. The van der Waals surface area contributed by atoms with E-state index in [4.69, 9.17) is 40.8 Å². The van der Waals surface area contributed by atoms with Crippen molar-refractivity contribution in [1.82, 2.24) is 10.3 Å². The summed E-state index contributed by atoms with van der Waals surface area (Å²) in [6, 6.07) is 3.20. The van der Waals surface area contributed by atoms with Gasteiger partial charge < -0.3 is 24.7 Å². The largest absolute Gasteiger partial charge is 0.541 e. The molecular weight excluding hydrogens is 562 g/mol. The summed E-state index contributed by atoms with van der Waals surface area (Å²) >= 11 is 13.1. The number of thiazole rings is 1. The van der Waals surface area contributed by atoms with E-state index >= 15 is 0 Å². The third-order valence-corrected chi connectivity index (χ3v) is 6.28. The van der Waals surface area contributed by atoms with Crippen LogP contribution in [-0.4, -0.2) is 66.0 Å². The molecule has 12 nitrogen and oxygen atoms in total. The lowest BCUT2D eigenvalue weighted by molar-refractivity contribution is -0.147. The molecule has 0 saturated carbocycles. The Balaban J connectivity index is 2.22. The summed E-state index contributed by atoms with van der Waals surface area (Å²) in [6.07, 6.45) is -2.50. The number of carboxylic acid groups (broad SMARTS) is 1. The zero-order valence-corrected chi connectivity index (χ0v) is 23.2. The minimum atomic E-state index is -1.65. The number of benzene rings is 1. The summed E-state index contributed by atoms with van der Waals surface area (Å²) in [5.41, 5.74) is -0.238. The van der Waals surface area contributed by atoms with Gasteiger partial charge in [0, 0.05) is 0 Å². The number of carbonyl (C=O) groups excluding carboxylic acids is 3. The monoisotopic (exact) mass is 584 g/mol. The van der Waals surface area contributed by atoms with Crippen LogP contribution in [0.3, 0.4) is 0 Å². The van der Waals surface area contributed by atoms with E-state index in [0.717, 1.165) is 16.9 Å². The van der Waals surface area contributed by atoms with Crippen molar-refractivity contribution >= 4 is 77.4 Å². The second kappa shape index (κ2) is 12.9. The van der Waals surface area contributed by atoms with E-state index in [2.05, 4.69) is 25.4 Å². The predicted molar refractivity (Wildman–Crippen MR) is 141 cm³/mol. The van der Waals surface area contributed by atoms with Crippen LogP contribution in [0.15, 0.2) is 17.3 Å². The molecule has 1 aromatic heterocycles. The maximum atomic E-state index is 12.6. The van der Waals surface area contributed by atoms with Crippen molar-refractivity contribution in [2.45, 2.75) is 46.3 Å². The number of amides is 2. The summed E-state index contributed by atoms with van der Waals surface area (Å²) in [4.78, 5) is 57.5. The Morgan fingerprint density at radius 1 is 1.21 bits per heavy atom. The maximum absolute atomic E-state index is 12.6. The number of nitrogens with one attached hydrogen (secondary N) is 2. The summed E-state index contributed by atoms with van der Waals surface area (Å²) in [6.45, 7) is 8.02. The fourth-order valence-corrected chi connectivity index (χ4v) is 4.00. The second-order valence-corrected chi connectivity index (χ2v) is 10.6. The van der Waals surface area contributed by atoms with Gasteiger partial charge in [-0.3, -0.25) is 10.1 Å². The van der Waals surface area contributed by atoms with Crippen LogP contribution in [0.4, 0.5) is 9.93 Å². The summed E-state index contributed by atoms with van der Waals surface area (Å²) in [5, 5.41) is 18.0. The Morgan fingerprint density at radius 3 is 2.45 bits per heavy atom. The Hall–Kier alpha value is -3.36. The fraction of sp³-hybridized carbons (Fsp3) is 0.364. The number of nitrogens with zero attached hydrogens (tertiary/aromatic N) is 2. The van der Waals surface area contributed by atoms with Crippen molar-refractivity contribution in [2.24, 2.45) is 5.16 Å². The number of rotatable bonds is 9. The Morgan fingerprint density at radius 2 is 1.87 bits per heavy atom.